The van der Waals surface area contributed by atoms with Crippen LogP contribution in [0.1, 0.15) is 45.3 Å². The highest BCUT2D eigenvalue weighted by atomic mass is 16.5. The lowest BCUT2D eigenvalue weighted by molar-refractivity contribution is -0.0922. The van der Waals surface area contributed by atoms with Crippen LogP contribution in [0.3, 0.4) is 0 Å². The number of hydrogen-bond acceptors (Lipinski definition) is 4. The molecular weight excluding hydrogens is 316 g/mol. The van der Waals surface area contributed by atoms with E-state index in [1.165, 1.54) is 0 Å². The fourth-order valence-corrected chi connectivity index (χ4v) is 3.91. The van der Waals surface area contributed by atoms with Crippen LogP contribution in [0.25, 0.3) is 0 Å². The highest BCUT2D eigenvalue weighted by Gasteiger charge is 2.48. The second-order valence-corrected chi connectivity index (χ2v) is 7.88. The molecule has 0 spiro atoms. The quantitative estimate of drug-likeness (QED) is 0.623. The van der Waals surface area contributed by atoms with Gasteiger partial charge in [-0.1, -0.05) is 13.8 Å². The Kier molecular flexibility index (Phi) is 5.32. The maximum absolute atomic E-state index is 5.55. The Hall–Kier alpha value is -1.63. The SMILES string of the molecule is CCNC(=NCC1CCc2nnc(C)n2C1)NC1CC(OC)C1(C)C. The van der Waals surface area contributed by atoms with Crippen LogP contribution in [0, 0.1) is 18.3 Å². The van der Waals surface area contributed by atoms with Crippen molar-refractivity contribution in [1.29, 1.82) is 0 Å². The molecule has 0 aromatic carbocycles. The zero-order chi connectivity index (χ0) is 18.0. The van der Waals surface area contributed by atoms with Gasteiger partial charge >= 0.3 is 0 Å². The second kappa shape index (κ2) is 7.32. The van der Waals surface area contributed by atoms with E-state index in [1.807, 2.05) is 6.92 Å². The molecule has 0 radical (unpaired) electrons. The molecule has 2 aliphatic rings. The molecule has 1 aromatic rings. The monoisotopic (exact) mass is 348 g/mol. The van der Waals surface area contributed by atoms with E-state index in [4.69, 9.17) is 9.73 Å². The van der Waals surface area contributed by atoms with Gasteiger partial charge in [0, 0.05) is 44.6 Å². The lowest BCUT2D eigenvalue weighted by Crippen LogP contribution is -2.63. The first kappa shape index (κ1) is 18.2. The largest absolute Gasteiger partial charge is 0.381 e. The lowest BCUT2D eigenvalue weighted by atomic mass is 9.64. The van der Waals surface area contributed by atoms with E-state index < -0.39 is 0 Å². The Bertz CT molecular complexity index is 623. The third kappa shape index (κ3) is 3.66. The maximum atomic E-state index is 5.55. The lowest BCUT2D eigenvalue weighted by Gasteiger charge is -2.51. The molecule has 1 aliphatic heterocycles. The van der Waals surface area contributed by atoms with E-state index in [9.17, 15) is 0 Å². The zero-order valence-corrected chi connectivity index (χ0v) is 16.2. The summed E-state index contributed by atoms with van der Waals surface area (Å²) in [5, 5.41) is 15.4. The summed E-state index contributed by atoms with van der Waals surface area (Å²) in [5.74, 6) is 3.58. The smallest absolute Gasteiger partial charge is 0.191 e. The number of aliphatic imine (C=N–C) groups is 1. The van der Waals surface area contributed by atoms with Crippen molar-refractivity contribution in [3.8, 4) is 0 Å². The van der Waals surface area contributed by atoms with Crippen molar-refractivity contribution in [2.75, 3.05) is 20.2 Å². The van der Waals surface area contributed by atoms with E-state index in [1.54, 1.807) is 7.11 Å². The maximum Gasteiger partial charge on any atom is 0.191 e. The average molecular weight is 348 g/mol. The minimum atomic E-state index is 0.129. The first-order valence-electron chi connectivity index (χ1n) is 9.42. The molecule has 0 saturated heterocycles. The van der Waals surface area contributed by atoms with Gasteiger partial charge in [0.2, 0.25) is 0 Å². The fraction of sp³-hybridized carbons (Fsp3) is 0.833. The van der Waals surface area contributed by atoms with E-state index in [0.717, 1.165) is 56.5 Å². The number of methoxy groups -OCH3 is 1. The van der Waals surface area contributed by atoms with Crippen LogP contribution in [-0.2, 0) is 17.7 Å². The highest BCUT2D eigenvalue weighted by Crippen LogP contribution is 2.42. The summed E-state index contributed by atoms with van der Waals surface area (Å²) in [4.78, 5) is 4.86. The Morgan fingerprint density at radius 2 is 2.20 bits per heavy atom. The second-order valence-electron chi connectivity index (χ2n) is 7.88. The van der Waals surface area contributed by atoms with Crippen LogP contribution >= 0.6 is 0 Å². The van der Waals surface area contributed by atoms with Crippen LogP contribution in [0.2, 0.25) is 0 Å². The normalized spacial score (nSPS) is 28.2. The summed E-state index contributed by atoms with van der Waals surface area (Å²) in [6.45, 7) is 11.3. The van der Waals surface area contributed by atoms with E-state index >= 15 is 0 Å². The molecule has 3 atom stereocenters. The number of aryl methyl sites for hydroxylation is 2. The summed E-state index contributed by atoms with van der Waals surface area (Å²) in [7, 11) is 1.80. The molecule has 1 fully saturated rings. The molecule has 140 valence electrons. The Morgan fingerprint density at radius 3 is 2.88 bits per heavy atom. The molecule has 1 aliphatic carbocycles. The van der Waals surface area contributed by atoms with Gasteiger partial charge in [0.05, 0.1) is 6.10 Å². The molecule has 0 bridgehead atoms. The summed E-state index contributed by atoms with van der Waals surface area (Å²) < 4.78 is 7.79. The van der Waals surface area contributed by atoms with Crippen LogP contribution < -0.4 is 10.6 Å². The Balaban J connectivity index is 1.59. The average Bonchev–Trinajstić information content (AvgIpc) is 2.96. The summed E-state index contributed by atoms with van der Waals surface area (Å²) in [6.07, 6.45) is 3.47. The molecule has 3 rings (SSSR count). The molecule has 0 amide bonds. The molecule has 1 aromatic heterocycles. The zero-order valence-electron chi connectivity index (χ0n) is 16.2. The van der Waals surface area contributed by atoms with Gasteiger partial charge in [-0.25, -0.2) is 0 Å². The van der Waals surface area contributed by atoms with Gasteiger partial charge in [-0.3, -0.25) is 4.99 Å². The number of nitrogens with one attached hydrogen (secondary N) is 2. The number of nitrogens with zero attached hydrogens (tertiary/aromatic N) is 4. The minimum Gasteiger partial charge on any atom is -0.381 e. The first-order chi connectivity index (χ1) is 12.0. The van der Waals surface area contributed by atoms with Crippen molar-refractivity contribution in [3.05, 3.63) is 11.6 Å². The molecule has 1 saturated carbocycles. The molecule has 2 heterocycles. The summed E-state index contributed by atoms with van der Waals surface area (Å²) >= 11 is 0. The third-order valence-corrected chi connectivity index (χ3v) is 5.85. The standard InChI is InChI=1S/C18H32N6O/c1-6-19-17(21-14-9-15(25-5)18(14,3)4)20-10-13-7-8-16-23-22-12(2)24(16)11-13/h13-15H,6-11H2,1-5H3,(H2,19,20,21). The molecule has 25 heavy (non-hydrogen) atoms. The number of guanidine groups is 1. The topological polar surface area (TPSA) is 76.4 Å². The van der Waals surface area contributed by atoms with Gasteiger partial charge in [0.1, 0.15) is 11.6 Å². The van der Waals surface area contributed by atoms with Crippen molar-refractivity contribution in [2.45, 2.75) is 65.6 Å². The molecular formula is C18H32N6O. The Labute approximate surface area is 150 Å². The third-order valence-electron chi connectivity index (χ3n) is 5.85. The van der Waals surface area contributed by atoms with Crippen molar-refractivity contribution < 1.29 is 4.74 Å². The van der Waals surface area contributed by atoms with Crippen molar-refractivity contribution in [2.24, 2.45) is 16.3 Å². The minimum absolute atomic E-state index is 0.129. The molecule has 3 unspecified atom stereocenters. The molecule has 7 heteroatoms. The van der Waals surface area contributed by atoms with Crippen LogP contribution in [0.15, 0.2) is 4.99 Å². The number of rotatable bonds is 5. The van der Waals surface area contributed by atoms with Gasteiger partial charge in [-0.2, -0.15) is 0 Å². The van der Waals surface area contributed by atoms with E-state index in [-0.39, 0.29) is 5.41 Å². The predicted octanol–water partition coefficient (Wildman–Crippen LogP) is 1.52. The summed E-state index contributed by atoms with van der Waals surface area (Å²) in [5.41, 5.74) is 0.129. The number of hydrogen-bond donors (Lipinski definition) is 2. The van der Waals surface area contributed by atoms with Gasteiger partial charge in [-0.05, 0) is 32.6 Å². The van der Waals surface area contributed by atoms with Crippen LogP contribution in [0.4, 0.5) is 0 Å². The number of ether oxygens (including phenoxy) is 1. The van der Waals surface area contributed by atoms with Gasteiger partial charge in [-0.15, -0.1) is 10.2 Å². The van der Waals surface area contributed by atoms with E-state index in [0.29, 0.717) is 18.1 Å². The van der Waals surface area contributed by atoms with Crippen molar-refractivity contribution in [3.63, 3.8) is 0 Å². The van der Waals surface area contributed by atoms with Crippen LogP contribution in [-0.4, -0.2) is 53.1 Å². The number of aromatic nitrogens is 3. The van der Waals surface area contributed by atoms with Crippen molar-refractivity contribution in [1.82, 2.24) is 25.4 Å². The van der Waals surface area contributed by atoms with Gasteiger partial charge in [0.25, 0.3) is 0 Å². The molecule has 7 nitrogen and oxygen atoms in total. The first-order valence-corrected chi connectivity index (χ1v) is 9.42. The predicted molar refractivity (Wildman–Crippen MR) is 98.7 cm³/mol. The van der Waals surface area contributed by atoms with Gasteiger partial charge < -0.3 is 19.9 Å². The van der Waals surface area contributed by atoms with Crippen LogP contribution in [0.5, 0.6) is 0 Å². The van der Waals surface area contributed by atoms with Gasteiger partial charge in [0.15, 0.2) is 5.96 Å². The highest BCUT2D eigenvalue weighted by molar-refractivity contribution is 5.80. The molecule has 2 N–H and O–H groups in total. The van der Waals surface area contributed by atoms with E-state index in [2.05, 4.69) is 46.2 Å². The van der Waals surface area contributed by atoms with Crippen molar-refractivity contribution >= 4 is 5.96 Å². The summed E-state index contributed by atoms with van der Waals surface area (Å²) in [6, 6.07) is 0.397. The fourth-order valence-electron chi connectivity index (χ4n) is 3.91. The Morgan fingerprint density at radius 1 is 1.40 bits per heavy atom. The number of fused-ring (bicyclic) bond motifs is 1.